The van der Waals surface area contributed by atoms with E-state index in [4.69, 9.17) is 11.5 Å². The number of primary amides is 1. The number of hydrogen-bond donors (Lipinski definition) is 2. The maximum Gasteiger partial charge on any atom is 0.292 e. The Morgan fingerprint density at radius 3 is 2.53 bits per heavy atom. The molecule has 0 aliphatic carbocycles. The smallest absolute Gasteiger partial charge is 0.292 e. The molecule has 7 nitrogen and oxygen atoms in total. The molecule has 4 N–H and O–H groups in total. The molecule has 0 spiro atoms. The summed E-state index contributed by atoms with van der Waals surface area (Å²) < 4.78 is 0. The third kappa shape index (κ3) is 2.82. The zero-order valence-corrected chi connectivity index (χ0v) is 10.4. The van der Waals surface area contributed by atoms with Crippen molar-refractivity contribution in [3.05, 3.63) is 33.9 Å². The lowest BCUT2D eigenvalue weighted by atomic mass is 10.0. The summed E-state index contributed by atoms with van der Waals surface area (Å²) in [5.41, 5.74) is 11.7. The first kappa shape index (κ1) is 13.3. The third-order valence-corrected chi connectivity index (χ3v) is 3.34. The van der Waals surface area contributed by atoms with E-state index in [9.17, 15) is 14.9 Å². The molecule has 102 valence electrons. The first-order valence-corrected chi connectivity index (χ1v) is 6.08. The van der Waals surface area contributed by atoms with Crippen molar-refractivity contribution in [3.63, 3.8) is 0 Å². The number of benzene rings is 1. The first-order chi connectivity index (χ1) is 8.99. The third-order valence-electron chi connectivity index (χ3n) is 3.34. The van der Waals surface area contributed by atoms with Crippen LogP contribution in [0.25, 0.3) is 0 Å². The van der Waals surface area contributed by atoms with Crippen molar-refractivity contribution in [1.82, 2.24) is 0 Å². The fourth-order valence-electron chi connectivity index (χ4n) is 2.22. The zero-order chi connectivity index (χ0) is 14.0. The average Bonchev–Trinajstić information content (AvgIpc) is 2.38. The van der Waals surface area contributed by atoms with Crippen molar-refractivity contribution in [3.8, 4) is 0 Å². The van der Waals surface area contributed by atoms with Gasteiger partial charge in [0.15, 0.2) is 0 Å². The summed E-state index contributed by atoms with van der Waals surface area (Å²) in [4.78, 5) is 23.7. The Hall–Kier alpha value is -2.15. The van der Waals surface area contributed by atoms with Crippen LogP contribution in [-0.2, 0) is 0 Å². The second-order valence-electron chi connectivity index (χ2n) is 4.65. The maximum absolute atomic E-state index is 11.2. The van der Waals surface area contributed by atoms with Crippen molar-refractivity contribution in [2.75, 3.05) is 18.0 Å². The minimum Gasteiger partial charge on any atom is -0.366 e. The highest BCUT2D eigenvalue weighted by molar-refractivity contribution is 5.94. The molecule has 1 saturated heterocycles. The number of piperidine rings is 1. The molecule has 0 radical (unpaired) electrons. The number of nitro benzene ring substituents is 1. The Morgan fingerprint density at radius 2 is 2.00 bits per heavy atom. The van der Waals surface area contributed by atoms with Crippen LogP contribution in [0, 0.1) is 10.1 Å². The topological polar surface area (TPSA) is 115 Å². The maximum atomic E-state index is 11.2. The Morgan fingerprint density at radius 1 is 1.37 bits per heavy atom. The number of carbonyl (C=O) groups excluding carboxylic acids is 1. The number of amides is 1. The Labute approximate surface area is 110 Å². The van der Waals surface area contributed by atoms with Crippen molar-refractivity contribution >= 4 is 17.3 Å². The summed E-state index contributed by atoms with van der Waals surface area (Å²) in [5, 5.41) is 11.0. The van der Waals surface area contributed by atoms with Crippen LogP contribution >= 0.6 is 0 Å². The van der Waals surface area contributed by atoms with Gasteiger partial charge in [-0.1, -0.05) is 0 Å². The summed E-state index contributed by atoms with van der Waals surface area (Å²) in [6.07, 6.45) is 1.55. The summed E-state index contributed by atoms with van der Waals surface area (Å²) in [6, 6.07) is 4.32. The lowest BCUT2D eigenvalue weighted by molar-refractivity contribution is -0.384. The van der Waals surface area contributed by atoms with Gasteiger partial charge < -0.3 is 16.4 Å². The van der Waals surface area contributed by atoms with Crippen LogP contribution in [0.2, 0.25) is 0 Å². The van der Waals surface area contributed by atoms with Crippen LogP contribution in [0.5, 0.6) is 0 Å². The minimum absolute atomic E-state index is 0.0135. The van der Waals surface area contributed by atoms with E-state index in [0.29, 0.717) is 18.8 Å². The second-order valence-corrected chi connectivity index (χ2v) is 4.65. The average molecular weight is 264 g/mol. The number of nitrogens with zero attached hydrogens (tertiary/aromatic N) is 2. The monoisotopic (exact) mass is 264 g/mol. The minimum atomic E-state index is -0.593. The Bertz CT molecular complexity index is 510. The molecule has 2 rings (SSSR count). The molecule has 0 atom stereocenters. The normalized spacial score (nSPS) is 16.4. The molecule has 1 amide bonds. The van der Waals surface area contributed by atoms with Crippen LogP contribution in [0.4, 0.5) is 11.4 Å². The molecule has 7 heteroatoms. The van der Waals surface area contributed by atoms with E-state index in [1.165, 1.54) is 18.2 Å². The van der Waals surface area contributed by atoms with E-state index in [-0.39, 0.29) is 17.3 Å². The van der Waals surface area contributed by atoms with Gasteiger partial charge in [0.05, 0.1) is 4.92 Å². The highest BCUT2D eigenvalue weighted by Gasteiger charge is 2.24. The van der Waals surface area contributed by atoms with Crippen LogP contribution in [0.15, 0.2) is 18.2 Å². The number of hydrogen-bond acceptors (Lipinski definition) is 5. The quantitative estimate of drug-likeness (QED) is 0.613. The SMILES string of the molecule is NC(=O)c1ccc([N+](=O)[O-])c(N2CCC(N)CC2)c1. The number of carbonyl (C=O) groups is 1. The van der Waals surface area contributed by atoms with Crippen molar-refractivity contribution < 1.29 is 9.72 Å². The van der Waals surface area contributed by atoms with E-state index >= 15 is 0 Å². The molecule has 1 aliphatic rings. The van der Waals surface area contributed by atoms with Gasteiger partial charge in [0, 0.05) is 30.8 Å². The number of nitro groups is 1. The second kappa shape index (κ2) is 5.23. The molecule has 1 heterocycles. The molecule has 19 heavy (non-hydrogen) atoms. The number of nitrogens with two attached hydrogens (primary N) is 2. The van der Waals surface area contributed by atoms with Gasteiger partial charge in [-0.05, 0) is 25.0 Å². The van der Waals surface area contributed by atoms with E-state index in [0.717, 1.165) is 12.8 Å². The van der Waals surface area contributed by atoms with Gasteiger partial charge in [-0.25, -0.2) is 0 Å². The van der Waals surface area contributed by atoms with E-state index < -0.39 is 10.8 Å². The summed E-state index contributed by atoms with van der Waals surface area (Å²) in [7, 11) is 0. The predicted octanol–water partition coefficient (Wildman–Crippen LogP) is 0.621. The molecular weight excluding hydrogens is 248 g/mol. The van der Waals surface area contributed by atoms with Crippen LogP contribution < -0.4 is 16.4 Å². The molecule has 1 aromatic rings. The Kier molecular flexibility index (Phi) is 3.66. The van der Waals surface area contributed by atoms with E-state index in [1.54, 1.807) is 0 Å². The van der Waals surface area contributed by atoms with Crippen molar-refractivity contribution in [1.29, 1.82) is 0 Å². The summed E-state index contributed by atoms with van der Waals surface area (Å²) >= 11 is 0. The van der Waals surface area contributed by atoms with Gasteiger partial charge in [0.25, 0.3) is 5.69 Å². The molecule has 0 unspecified atom stereocenters. The molecule has 0 aromatic heterocycles. The molecule has 1 aromatic carbocycles. The number of rotatable bonds is 3. The summed E-state index contributed by atoms with van der Waals surface area (Å²) in [6.45, 7) is 1.29. The van der Waals surface area contributed by atoms with Gasteiger partial charge >= 0.3 is 0 Å². The van der Waals surface area contributed by atoms with Crippen LogP contribution in [0.3, 0.4) is 0 Å². The fourth-order valence-corrected chi connectivity index (χ4v) is 2.22. The van der Waals surface area contributed by atoms with Crippen LogP contribution in [-0.4, -0.2) is 30.0 Å². The molecule has 0 bridgehead atoms. The van der Waals surface area contributed by atoms with Crippen molar-refractivity contribution in [2.45, 2.75) is 18.9 Å². The molecule has 1 fully saturated rings. The van der Waals surface area contributed by atoms with E-state index in [1.807, 2.05) is 4.90 Å². The summed E-state index contributed by atoms with van der Waals surface area (Å²) in [5.74, 6) is -0.593. The standard InChI is InChI=1S/C12H16N4O3/c13-9-3-5-15(6-4-9)11-7-8(12(14)17)1-2-10(11)16(18)19/h1-2,7,9H,3-6,13H2,(H2,14,17). The van der Waals surface area contributed by atoms with Gasteiger partial charge in [-0.15, -0.1) is 0 Å². The zero-order valence-electron chi connectivity index (χ0n) is 10.4. The van der Waals surface area contributed by atoms with Gasteiger partial charge in [0.1, 0.15) is 5.69 Å². The molecule has 0 saturated carbocycles. The Balaban J connectivity index is 2.37. The van der Waals surface area contributed by atoms with Gasteiger partial charge in [-0.3, -0.25) is 14.9 Å². The molecule has 1 aliphatic heterocycles. The lowest BCUT2D eigenvalue weighted by Crippen LogP contribution is -2.40. The lowest BCUT2D eigenvalue weighted by Gasteiger charge is -2.31. The number of anilines is 1. The fraction of sp³-hybridized carbons (Fsp3) is 0.417. The van der Waals surface area contributed by atoms with Crippen LogP contribution in [0.1, 0.15) is 23.2 Å². The highest BCUT2D eigenvalue weighted by Crippen LogP contribution is 2.31. The molecular formula is C12H16N4O3. The van der Waals surface area contributed by atoms with Gasteiger partial charge in [-0.2, -0.15) is 0 Å². The predicted molar refractivity (Wildman–Crippen MR) is 71.0 cm³/mol. The highest BCUT2D eigenvalue weighted by atomic mass is 16.6. The first-order valence-electron chi connectivity index (χ1n) is 6.08. The van der Waals surface area contributed by atoms with E-state index in [2.05, 4.69) is 0 Å². The largest absolute Gasteiger partial charge is 0.366 e. The van der Waals surface area contributed by atoms with Gasteiger partial charge in [0.2, 0.25) is 5.91 Å². The van der Waals surface area contributed by atoms with Crippen molar-refractivity contribution in [2.24, 2.45) is 11.5 Å².